The Kier molecular flexibility index (Phi) is 4.12. The van der Waals surface area contributed by atoms with Crippen molar-refractivity contribution in [3.8, 4) is 0 Å². The normalized spacial score (nSPS) is 15.1. The van der Waals surface area contributed by atoms with Gasteiger partial charge in [-0.15, -0.1) is 0 Å². The zero-order valence-corrected chi connectivity index (χ0v) is 16.5. The number of pyridine rings is 1. The van der Waals surface area contributed by atoms with E-state index in [0.29, 0.717) is 40.1 Å². The molecule has 30 heavy (non-hydrogen) atoms. The molecule has 1 aliphatic rings. The summed E-state index contributed by atoms with van der Waals surface area (Å²) in [5, 5.41) is 5.83. The predicted molar refractivity (Wildman–Crippen MR) is 120 cm³/mol. The molecular weight excluding hydrogens is 404 g/mol. The monoisotopic (exact) mass is 420 g/mol. The maximum absolute atomic E-state index is 13.4. The van der Waals surface area contributed by atoms with E-state index in [1.807, 2.05) is 36.4 Å². The van der Waals surface area contributed by atoms with E-state index in [4.69, 9.17) is 23.3 Å². The summed E-state index contributed by atoms with van der Waals surface area (Å²) in [7, 11) is 0. The third kappa shape index (κ3) is 2.41. The molecule has 5 rings (SSSR count). The van der Waals surface area contributed by atoms with E-state index in [1.54, 1.807) is 16.7 Å². The summed E-state index contributed by atoms with van der Waals surface area (Å²) in [6.45, 7) is 0. The van der Waals surface area contributed by atoms with E-state index in [1.165, 1.54) is 4.40 Å². The fourth-order valence-corrected chi connectivity index (χ4v) is 4.48. The summed E-state index contributed by atoms with van der Waals surface area (Å²) in [6, 6.07) is 10.9. The van der Waals surface area contributed by atoms with Crippen LogP contribution in [0.2, 0.25) is 5.02 Å². The third-order valence-electron chi connectivity index (χ3n) is 5.57. The lowest BCUT2D eigenvalue weighted by Crippen LogP contribution is -2.33. The number of para-hydroxylation sites is 1. The Balaban J connectivity index is 1.86. The second-order valence-corrected chi connectivity index (χ2v) is 7.47. The number of imidazole rings is 1. The molecule has 0 saturated heterocycles. The van der Waals surface area contributed by atoms with Crippen LogP contribution in [0.5, 0.6) is 0 Å². The highest BCUT2D eigenvalue weighted by Gasteiger charge is 2.22. The molecule has 5 N–H and O–H groups in total. The van der Waals surface area contributed by atoms with E-state index in [-0.39, 0.29) is 0 Å². The van der Waals surface area contributed by atoms with Crippen molar-refractivity contribution >= 4 is 50.3 Å². The van der Waals surface area contributed by atoms with Gasteiger partial charge in [0.05, 0.1) is 21.4 Å². The van der Waals surface area contributed by atoms with Crippen molar-refractivity contribution in [2.75, 3.05) is 0 Å². The average molecular weight is 421 g/mol. The predicted octanol–water partition coefficient (Wildman–Crippen LogP) is 2.16. The fraction of sp³-hybridized carbons (Fsp3) is 0.0952. The Labute approximate surface area is 174 Å². The van der Waals surface area contributed by atoms with Crippen LogP contribution in [-0.4, -0.2) is 14.8 Å². The van der Waals surface area contributed by atoms with E-state index >= 15 is 0 Å². The van der Waals surface area contributed by atoms with Gasteiger partial charge in [0.25, 0.3) is 5.56 Å². The molecular formula is C21H17ClN6O2. The first-order valence-corrected chi connectivity index (χ1v) is 9.69. The maximum Gasteiger partial charge on any atom is 0.340 e. The number of hydrogen-bond acceptors (Lipinski definition) is 5. The van der Waals surface area contributed by atoms with Crippen molar-refractivity contribution in [3.63, 3.8) is 0 Å². The zero-order valence-electron chi connectivity index (χ0n) is 15.7. The summed E-state index contributed by atoms with van der Waals surface area (Å²) in [6.07, 6.45) is 4.78. The largest absolute Gasteiger partial charge is 0.340 e. The van der Waals surface area contributed by atoms with Gasteiger partial charge < -0.3 is 11.3 Å². The molecule has 150 valence electrons. The number of nitrogens with zero attached hydrogens (tertiary/aromatic N) is 3. The van der Waals surface area contributed by atoms with E-state index in [2.05, 4.69) is 10.5 Å². The molecule has 0 saturated carbocycles. The lowest BCUT2D eigenvalue weighted by molar-refractivity contribution is 0.876. The van der Waals surface area contributed by atoms with Gasteiger partial charge in [-0.3, -0.25) is 9.36 Å². The van der Waals surface area contributed by atoms with Gasteiger partial charge in [0.1, 0.15) is 0 Å². The van der Waals surface area contributed by atoms with Crippen molar-refractivity contribution in [1.29, 1.82) is 0 Å². The van der Waals surface area contributed by atoms with Crippen LogP contribution in [0.15, 0.2) is 68.8 Å². The Bertz CT molecular complexity index is 1540. The molecule has 0 amide bonds. The first-order valence-electron chi connectivity index (χ1n) is 9.32. The number of amidine groups is 1. The van der Waals surface area contributed by atoms with Crippen molar-refractivity contribution < 1.29 is 0 Å². The number of allylic oxidation sites excluding steroid dienone is 3. The molecule has 0 spiro atoms. The molecule has 8 nitrogen and oxygen atoms in total. The van der Waals surface area contributed by atoms with Crippen molar-refractivity contribution in [3.05, 3.63) is 80.0 Å². The van der Waals surface area contributed by atoms with Crippen LogP contribution in [0.4, 0.5) is 0 Å². The van der Waals surface area contributed by atoms with Gasteiger partial charge in [0, 0.05) is 11.1 Å². The highest BCUT2D eigenvalue weighted by Crippen LogP contribution is 2.31. The average Bonchev–Trinajstić information content (AvgIpc) is 3.06. The van der Waals surface area contributed by atoms with E-state index < -0.39 is 11.2 Å². The molecule has 0 radical (unpaired) electrons. The first kappa shape index (κ1) is 18.4. The fourth-order valence-electron chi connectivity index (χ4n) is 4.23. The molecule has 0 bridgehead atoms. The van der Waals surface area contributed by atoms with E-state index in [0.717, 1.165) is 22.0 Å². The van der Waals surface area contributed by atoms with Gasteiger partial charge in [-0.1, -0.05) is 41.9 Å². The number of halogens is 1. The van der Waals surface area contributed by atoms with Crippen molar-refractivity contribution in [2.24, 2.45) is 16.8 Å². The zero-order chi connectivity index (χ0) is 21.0. The van der Waals surface area contributed by atoms with Crippen molar-refractivity contribution in [1.82, 2.24) is 14.4 Å². The third-order valence-corrected chi connectivity index (χ3v) is 5.88. The molecule has 0 atom stereocenters. The van der Waals surface area contributed by atoms with Crippen molar-refractivity contribution in [2.45, 2.75) is 12.8 Å². The Morgan fingerprint density at radius 2 is 1.83 bits per heavy atom. The molecule has 0 unspecified atom stereocenters. The summed E-state index contributed by atoms with van der Waals surface area (Å²) in [5.74, 6) is 11.2. The minimum absolute atomic E-state index is 0.326. The minimum Gasteiger partial charge on any atom is -0.321 e. The minimum atomic E-state index is -0.416. The lowest BCUT2D eigenvalue weighted by atomic mass is 10.0. The summed E-state index contributed by atoms with van der Waals surface area (Å²) in [5.41, 5.74) is 4.49. The molecule has 4 aromatic rings. The van der Waals surface area contributed by atoms with Crippen LogP contribution in [0.25, 0.3) is 32.9 Å². The molecule has 2 heterocycles. The highest BCUT2D eigenvalue weighted by molar-refractivity contribution is 6.36. The second kappa shape index (κ2) is 6.72. The van der Waals surface area contributed by atoms with Gasteiger partial charge in [-0.25, -0.2) is 15.0 Å². The Morgan fingerprint density at radius 1 is 1.07 bits per heavy atom. The van der Waals surface area contributed by atoms with Crippen LogP contribution in [0.3, 0.4) is 0 Å². The second-order valence-electron chi connectivity index (χ2n) is 7.07. The topological polar surface area (TPSA) is 120 Å². The number of hydrazone groups is 1. The van der Waals surface area contributed by atoms with Gasteiger partial charge >= 0.3 is 5.69 Å². The van der Waals surface area contributed by atoms with Gasteiger partial charge in [0.2, 0.25) is 0 Å². The molecule has 0 fully saturated rings. The number of hydrogen-bond donors (Lipinski definition) is 3. The van der Waals surface area contributed by atoms with E-state index in [9.17, 15) is 9.59 Å². The number of nitrogens with two attached hydrogens (primary N) is 2. The molecule has 2 aromatic carbocycles. The standard InChI is InChI=1S/C21H17ClN6O2/c22-15-5-1-3-13-14-4-2-6-16-18(14)28(20(29)17(13)15)21(30)27(16)12-9-7-11(8-10-12)19(25-23)26-24/h1-7,9H,8,10,23-24H2,(H,25,26). The lowest BCUT2D eigenvalue weighted by Gasteiger charge is -2.16. The Morgan fingerprint density at radius 3 is 2.53 bits per heavy atom. The van der Waals surface area contributed by atoms with Gasteiger partial charge in [-0.2, -0.15) is 5.10 Å². The van der Waals surface area contributed by atoms with Crippen LogP contribution < -0.4 is 28.4 Å². The maximum atomic E-state index is 13.4. The summed E-state index contributed by atoms with van der Waals surface area (Å²) in [4.78, 5) is 26.6. The number of rotatable bonds is 2. The smallest absolute Gasteiger partial charge is 0.321 e. The molecule has 2 aromatic heterocycles. The van der Waals surface area contributed by atoms with Crippen LogP contribution in [0.1, 0.15) is 12.8 Å². The quantitative estimate of drug-likeness (QED) is 0.151. The molecule has 0 aliphatic heterocycles. The number of fused-ring (bicyclic) bond motifs is 2. The highest BCUT2D eigenvalue weighted by atomic mass is 35.5. The van der Waals surface area contributed by atoms with Crippen LogP contribution in [0, 0.1) is 0 Å². The van der Waals surface area contributed by atoms with Gasteiger partial charge in [0.15, 0.2) is 5.84 Å². The summed E-state index contributed by atoms with van der Waals surface area (Å²) < 4.78 is 2.80. The first-order chi connectivity index (χ1) is 14.6. The molecule has 9 heteroatoms. The van der Waals surface area contributed by atoms with Crippen LogP contribution in [-0.2, 0) is 0 Å². The van der Waals surface area contributed by atoms with Crippen LogP contribution >= 0.6 is 11.6 Å². The number of nitrogens with one attached hydrogen (secondary N) is 1. The SMILES string of the molecule is N/N=C(/NN)C1=CC=C(n2c(=O)n3c(=O)c4c(Cl)cccc4c4cccc2c43)CC1. The number of benzene rings is 2. The summed E-state index contributed by atoms with van der Waals surface area (Å²) >= 11 is 6.32. The number of hydrazine groups is 1. The number of aromatic nitrogens is 2. The molecule has 1 aliphatic carbocycles. The van der Waals surface area contributed by atoms with Gasteiger partial charge in [-0.05, 0) is 42.0 Å². The Hall–Kier alpha value is -3.62.